The lowest BCUT2D eigenvalue weighted by Gasteiger charge is -2.29. The van der Waals surface area contributed by atoms with Crippen LogP contribution in [0.5, 0.6) is 0 Å². The molecule has 1 amide bonds. The van der Waals surface area contributed by atoms with Gasteiger partial charge in [0, 0.05) is 56.0 Å². The van der Waals surface area contributed by atoms with Crippen LogP contribution in [0, 0.1) is 0 Å². The van der Waals surface area contributed by atoms with E-state index in [1.165, 1.54) is 5.69 Å². The molecule has 7 nitrogen and oxygen atoms in total. The molecular formula is C28H29N5O2. The summed E-state index contributed by atoms with van der Waals surface area (Å²) in [5.41, 5.74) is 4.50. The van der Waals surface area contributed by atoms with Crippen molar-refractivity contribution >= 4 is 22.6 Å². The number of amides is 1. The normalized spacial score (nSPS) is 13.9. The first-order valence-corrected chi connectivity index (χ1v) is 12.0. The fraction of sp³-hybridized carbons (Fsp3) is 0.250. The van der Waals surface area contributed by atoms with Crippen LogP contribution < -0.4 is 21.0 Å². The van der Waals surface area contributed by atoms with Gasteiger partial charge in [-0.15, -0.1) is 0 Å². The smallest absolute Gasteiger partial charge is 0.256 e. The molecule has 178 valence electrons. The molecule has 1 saturated heterocycles. The topological polar surface area (TPSA) is 79.3 Å². The lowest BCUT2D eigenvalue weighted by Crippen LogP contribution is -2.43. The fourth-order valence-corrected chi connectivity index (χ4v) is 4.48. The van der Waals surface area contributed by atoms with E-state index >= 15 is 0 Å². The lowest BCUT2D eigenvalue weighted by molar-refractivity contribution is 0.0941. The molecule has 4 aromatic rings. The van der Waals surface area contributed by atoms with E-state index in [9.17, 15) is 9.59 Å². The summed E-state index contributed by atoms with van der Waals surface area (Å²) in [5.74, 6) is -0.385. The van der Waals surface area contributed by atoms with E-state index in [1.807, 2.05) is 30.5 Å². The number of anilines is 1. The number of aromatic nitrogens is 2. The molecule has 2 aromatic carbocycles. The maximum Gasteiger partial charge on any atom is 0.256 e. The Morgan fingerprint density at radius 1 is 0.971 bits per heavy atom. The number of fused-ring (bicyclic) bond motifs is 1. The van der Waals surface area contributed by atoms with Crippen LogP contribution in [0.3, 0.4) is 0 Å². The number of nitrogens with zero attached hydrogens (tertiary/aromatic N) is 3. The average molecular weight is 468 g/mol. The van der Waals surface area contributed by atoms with Gasteiger partial charge in [-0.05, 0) is 61.4 Å². The average Bonchev–Trinajstić information content (AvgIpc) is 2.89. The highest BCUT2D eigenvalue weighted by Crippen LogP contribution is 2.26. The number of nitrogens with one attached hydrogen (secondary N) is 2. The van der Waals surface area contributed by atoms with Crippen LogP contribution in [-0.2, 0) is 0 Å². The molecule has 0 spiro atoms. The van der Waals surface area contributed by atoms with Crippen molar-refractivity contribution in [2.24, 2.45) is 0 Å². The molecule has 5 rings (SSSR count). The second-order valence-electron chi connectivity index (χ2n) is 9.08. The van der Waals surface area contributed by atoms with Crippen LogP contribution >= 0.6 is 0 Å². The van der Waals surface area contributed by atoms with E-state index in [1.54, 1.807) is 24.5 Å². The van der Waals surface area contributed by atoms with E-state index in [0.717, 1.165) is 43.0 Å². The first-order valence-electron chi connectivity index (χ1n) is 12.0. The summed E-state index contributed by atoms with van der Waals surface area (Å²) in [6, 6.07) is 20.0. The number of benzene rings is 2. The Hall–Kier alpha value is -3.97. The van der Waals surface area contributed by atoms with Gasteiger partial charge in [0.2, 0.25) is 5.43 Å². The van der Waals surface area contributed by atoms with Gasteiger partial charge in [-0.1, -0.05) is 24.3 Å². The Morgan fingerprint density at radius 3 is 2.49 bits per heavy atom. The minimum absolute atomic E-state index is 0.0764. The van der Waals surface area contributed by atoms with Gasteiger partial charge in [0.25, 0.3) is 5.91 Å². The number of hydrogen-bond acceptors (Lipinski definition) is 5. The van der Waals surface area contributed by atoms with Gasteiger partial charge in [0.15, 0.2) is 0 Å². The van der Waals surface area contributed by atoms with Gasteiger partial charge in [-0.3, -0.25) is 9.59 Å². The Kier molecular flexibility index (Phi) is 6.33. The van der Waals surface area contributed by atoms with E-state index in [2.05, 4.69) is 56.9 Å². The van der Waals surface area contributed by atoms with Crippen LogP contribution in [0.2, 0.25) is 0 Å². The predicted octanol–water partition coefficient (Wildman–Crippen LogP) is 3.60. The number of carbonyl (C=O) groups is 1. The minimum Gasteiger partial charge on any atom is -0.369 e. The zero-order valence-electron chi connectivity index (χ0n) is 20.0. The molecule has 0 bridgehead atoms. The van der Waals surface area contributed by atoms with Crippen molar-refractivity contribution in [3.63, 3.8) is 0 Å². The summed E-state index contributed by atoms with van der Waals surface area (Å²) in [6.45, 7) is 7.76. The molecule has 3 heterocycles. The van der Waals surface area contributed by atoms with E-state index in [-0.39, 0.29) is 22.9 Å². The second kappa shape index (κ2) is 9.72. The van der Waals surface area contributed by atoms with Crippen molar-refractivity contribution in [3.05, 3.63) is 88.8 Å². The molecule has 1 fully saturated rings. The molecule has 2 aromatic heterocycles. The number of piperazine rings is 1. The van der Waals surface area contributed by atoms with Gasteiger partial charge < -0.3 is 20.1 Å². The summed E-state index contributed by atoms with van der Waals surface area (Å²) < 4.78 is 1.82. The van der Waals surface area contributed by atoms with Crippen molar-refractivity contribution in [1.82, 2.24) is 20.2 Å². The molecule has 0 atom stereocenters. The molecule has 1 aliphatic rings. The fourth-order valence-electron chi connectivity index (χ4n) is 4.48. The van der Waals surface area contributed by atoms with Crippen molar-refractivity contribution < 1.29 is 4.79 Å². The van der Waals surface area contributed by atoms with Crippen molar-refractivity contribution in [3.8, 4) is 16.8 Å². The SMILES string of the molecule is CC(C)NC(=O)c1cn(-c2cccc(-c3ccc(N4CCNCC4)cc3)c2)c2ncccc2c1=O. The second-order valence-corrected chi connectivity index (χ2v) is 9.08. The third-order valence-corrected chi connectivity index (χ3v) is 6.23. The minimum atomic E-state index is -0.385. The highest BCUT2D eigenvalue weighted by Gasteiger charge is 2.18. The Balaban J connectivity index is 1.55. The van der Waals surface area contributed by atoms with Crippen LogP contribution in [0.25, 0.3) is 27.8 Å². The van der Waals surface area contributed by atoms with Crippen LogP contribution in [0.15, 0.2) is 77.9 Å². The van der Waals surface area contributed by atoms with Crippen molar-refractivity contribution in [2.75, 3.05) is 31.1 Å². The Labute approximate surface area is 204 Å². The van der Waals surface area contributed by atoms with Gasteiger partial charge in [0.05, 0.1) is 5.39 Å². The van der Waals surface area contributed by atoms with Gasteiger partial charge in [0.1, 0.15) is 11.2 Å². The van der Waals surface area contributed by atoms with Gasteiger partial charge >= 0.3 is 0 Å². The molecule has 0 radical (unpaired) electrons. The molecule has 35 heavy (non-hydrogen) atoms. The summed E-state index contributed by atoms with van der Waals surface area (Å²) in [7, 11) is 0. The molecule has 0 aliphatic carbocycles. The van der Waals surface area contributed by atoms with E-state index < -0.39 is 0 Å². The number of rotatable bonds is 5. The Bertz CT molecular complexity index is 1420. The third-order valence-electron chi connectivity index (χ3n) is 6.23. The maximum atomic E-state index is 13.1. The summed E-state index contributed by atoms with van der Waals surface area (Å²) in [6.07, 6.45) is 3.26. The molecule has 7 heteroatoms. The Morgan fingerprint density at radius 2 is 1.74 bits per heavy atom. The van der Waals surface area contributed by atoms with Crippen LogP contribution in [-0.4, -0.2) is 47.7 Å². The summed E-state index contributed by atoms with van der Waals surface area (Å²) >= 11 is 0. The number of carbonyl (C=O) groups excluding carboxylic acids is 1. The molecule has 0 unspecified atom stereocenters. The zero-order valence-corrected chi connectivity index (χ0v) is 20.0. The monoisotopic (exact) mass is 467 g/mol. The van der Waals surface area contributed by atoms with Crippen molar-refractivity contribution in [1.29, 1.82) is 0 Å². The predicted molar refractivity (Wildman–Crippen MR) is 140 cm³/mol. The zero-order chi connectivity index (χ0) is 24.4. The highest BCUT2D eigenvalue weighted by atomic mass is 16.2. The summed E-state index contributed by atoms with van der Waals surface area (Å²) in [5, 5.41) is 6.63. The number of hydrogen-bond donors (Lipinski definition) is 2. The first-order chi connectivity index (χ1) is 17.0. The molecule has 0 saturated carbocycles. The van der Waals surface area contributed by atoms with E-state index in [0.29, 0.717) is 11.0 Å². The quantitative estimate of drug-likeness (QED) is 0.469. The first kappa shape index (κ1) is 22.8. The lowest BCUT2D eigenvalue weighted by atomic mass is 10.0. The van der Waals surface area contributed by atoms with Gasteiger partial charge in [-0.2, -0.15) is 0 Å². The highest BCUT2D eigenvalue weighted by molar-refractivity contribution is 5.97. The summed E-state index contributed by atoms with van der Waals surface area (Å²) in [4.78, 5) is 32.7. The van der Waals surface area contributed by atoms with Gasteiger partial charge in [-0.25, -0.2) is 4.98 Å². The molecule has 1 aliphatic heterocycles. The molecular weight excluding hydrogens is 438 g/mol. The largest absolute Gasteiger partial charge is 0.369 e. The number of pyridine rings is 2. The van der Waals surface area contributed by atoms with Crippen molar-refractivity contribution in [2.45, 2.75) is 19.9 Å². The third kappa shape index (κ3) is 4.68. The van der Waals surface area contributed by atoms with E-state index in [4.69, 9.17) is 0 Å². The standard InChI is InChI=1S/C28H29N5O2/c1-19(2)31-28(35)25-18-33(27-24(26(25)34)7-4-12-30-27)23-6-3-5-21(17-23)20-8-10-22(11-9-20)32-15-13-29-14-16-32/h3-12,17-19,29H,13-16H2,1-2H3,(H,31,35). The van der Waals surface area contributed by atoms with Crippen LogP contribution in [0.4, 0.5) is 5.69 Å². The maximum absolute atomic E-state index is 13.1. The van der Waals surface area contributed by atoms with Crippen LogP contribution in [0.1, 0.15) is 24.2 Å². The molecule has 2 N–H and O–H groups in total.